The molecule has 11 heteroatoms. The second-order valence-corrected chi connectivity index (χ2v) is 7.92. The number of halogens is 1. The molecule has 1 N–H and O–H groups in total. The third kappa shape index (κ3) is 6.80. The summed E-state index contributed by atoms with van der Waals surface area (Å²) in [6.07, 6.45) is 1.28. The van der Waals surface area contributed by atoms with Gasteiger partial charge in [-0.2, -0.15) is 5.10 Å². The number of rotatable bonds is 9. The molecular formula is C22H17IN4O6. The number of benzene rings is 3. The molecule has 0 heterocycles. The van der Waals surface area contributed by atoms with Crippen LogP contribution in [-0.4, -0.2) is 22.0 Å². The number of nitro groups is 2. The van der Waals surface area contributed by atoms with Crippen LogP contribution in [0.1, 0.15) is 16.7 Å². The zero-order valence-electron chi connectivity index (χ0n) is 17.0. The average Bonchev–Trinajstić information content (AvgIpc) is 2.79. The average molecular weight is 560 g/mol. The molecule has 0 aliphatic heterocycles. The van der Waals surface area contributed by atoms with Gasteiger partial charge in [-0.25, -0.2) is 5.43 Å². The third-order valence-electron chi connectivity index (χ3n) is 4.41. The fourth-order valence-corrected chi connectivity index (χ4v) is 3.56. The topological polar surface area (TPSA) is 137 Å². The molecule has 0 saturated heterocycles. The number of carbonyl (C=O) groups excluding carboxylic acids is 1. The van der Waals surface area contributed by atoms with Gasteiger partial charge in [-0.3, -0.25) is 25.0 Å². The molecule has 0 fully saturated rings. The maximum atomic E-state index is 12.1. The molecule has 3 aromatic carbocycles. The van der Waals surface area contributed by atoms with Gasteiger partial charge in [0.2, 0.25) is 5.91 Å². The van der Waals surface area contributed by atoms with Crippen LogP contribution in [0.2, 0.25) is 0 Å². The number of hydrazone groups is 1. The van der Waals surface area contributed by atoms with Crippen molar-refractivity contribution in [2.45, 2.75) is 13.0 Å². The second-order valence-electron chi connectivity index (χ2n) is 6.76. The van der Waals surface area contributed by atoms with E-state index in [1.54, 1.807) is 36.4 Å². The van der Waals surface area contributed by atoms with Crippen LogP contribution in [0.4, 0.5) is 11.4 Å². The Morgan fingerprint density at radius 1 is 1.03 bits per heavy atom. The molecule has 0 aromatic heterocycles. The van der Waals surface area contributed by atoms with E-state index in [9.17, 15) is 25.0 Å². The minimum absolute atomic E-state index is 0.00118. The van der Waals surface area contributed by atoms with Crippen molar-refractivity contribution in [3.8, 4) is 5.75 Å². The lowest BCUT2D eigenvalue weighted by molar-refractivity contribution is -0.385. The van der Waals surface area contributed by atoms with Crippen LogP contribution in [0, 0.1) is 23.8 Å². The molecule has 0 aliphatic carbocycles. The molecule has 0 radical (unpaired) electrons. The lowest BCUT2D eigenvalue weighted by Gasteiger charge is -2.09. The lowest BCUT2D eigenvalue weighted by Crippen LogP contribution is -2.20. The first-order valence-electron chi connectivity index (χ1n) is 9.53. The number of non-ortho nitro benzene ring substituents is 1. The largest absolute Gasteiger partial charge is 0.488 e. The summed E-state index contributed by atoms with van der Waals surface area (Å²) in [5.41, 5.74) is 3.92. The first-order chi connectivity index (χ1) is 15.8. The molecule has 3 aromatic rings. The van der Waals surface area contributed by atoms with Gasteiger partial charge in [-0.1, -0.05) is 30.3 Å². The number of carbonyl (C=O) groups is 1. The fraction of sp³-hybridized carbons (Fsp3) is 0.0909. The van der Waals surface area contributed by atoms with Gasteiger partial charge in [0.15, 0.2) is 0 Å². The van der Waals surface area contributed by atoms with E-state index in [4.69, 9.17) is 4.74 Å². The number of hydrogen-bond acceptors (Lipinski definition) is 7. The highest BCUT2D eigenvalue weighted by molar-refractivity contribution is 14.1. The zero-order valence-corrected chi connectivity index (χ0v) is 19.2. The Bertz CT molecular complexity index is 1230. The van der Waals surface area contributed by atoms with Gasteiger partial charge in [0, 0.05) is 23.8 Å². The van der Waals surface area contributed by atoms with Crippen LogP contribution in [0.25, 0.3) is 0 Å². The molecule has 10 nitrogen and oxygen atoms in total. The molecule has 0 spiro atoms. The van der Waals surface area contributed by atoms with Crippen LogP contribution >= 0.6 is 22.6 Å². The van der Waals surface area contributed by atoms with Gasteiger partial charge in [0.1, 0.15) is 12.4 Å². The van der Waals surface area contributed by atoms with Crippen LogP contribution in [0.5, 0.6) is 5.75 Å². The smallest absolute Gasteiger partial charge is 0.273 e. The van der Waals surface area contributed by atoms with Crippen molar-refractivity contribution >= 4 is 46.1 Å². The van der Waals surface area contributed by atoms with E-state index in [0.29, 0.717) is 22.4 Å². The molecule has 0 unspecified atom stereocenters. The van der Waals surface area contributed by atoms with E-state index in [1.807, 2.05) is 0 Å². The number of amides is 1. The quantitative estimate of drug-likeness (QED) is 0.179. The van der Waals surface area contributed by atoms with Gasteiger partial charge < -0.3 is 4.74 Å². The fourth-order valence-electron chi connectivity index (χ4n) is 2.87. The number of nitrogens with one attached hydrogen (secondary N) is 1. The minimum Gasteiger partial charge on any atom is -0.488 e. The van der Waals surface area contributed by atoms with Crippen molar-refractivity contribution in [1.29, 1.82) is 0 Å². The van der Waals surface area contributed by atoms with Crippen molar-refractivity contribution in [2.75, 3.05) is 0 Å². The molecule has 3 rings (SSSR count). The highest BCUT2D eigenvalue weighted by atomic mass is 127. The van der Waals surface area contributed by atoms with Crippen molar-refractivity contribution in [2.24, 2.45) is 5.10 Å². The summed E-state index contributed by atoms with van der Waals surface area (Å²) >= 11 is 2.09. The standard InChI is InChI=1S/C22H17IN4O6/c23-19-11-15(8-9-21(19)33-14-16-4-3-6-18(10-16)26(29)30)13-24-25-22(28)12-17-5-1-2-7-20(17)27(31)32/h1-11,13H,12,14H2,(H,25,28)/b24-13+. The predicted molar refractivity (Wildman–Crippen MR) is 129 cm³/mol. The number of para-hydroxylation sites is 1. The summed E-state index contributed by atoms with van der Waals surface area (Å²) in [6, 6.07) is 17.5. The van der Waals surface area contributed by atoms with Crippen LogP contribution in [0.3, 0.4) is 0 Å². The summed E-state index contributed by atoms with van der Waals surface area (Å²) in [5.74, 6) is 0.117. The normalized spacial score (nSPS) is 10.7. The van der Waals surface area contributed by atoms with E-state index in [1.165, 1.54) is 36.5 Å². The molecule has 0 bridgehead atoms. The van der Waals surface area contributed by atoms with Crippen LogP contribution < -0.4 is 10.2 Å². The Morgan fingerprint density at radius 3 is 2.55 bits per heavy atom. The van der Waals surface area contributed by atoms with Gasteiger partial charge in [-0.15, -0.1) is 0 Å². The third-order valence-corrected chi connectivity index (χ3v) is 5.26. The molecule has 0 atom stereocenters. The van der Waals surface area contributed by atoms with E-state index in [0.717, 1.165) is 3.57 Å². The van der Waals surface area contributed by atoms with E-state index in [2.05, 4.69) is 33.1 Å². The SMILES string of the molecule is O=C(Cc1ccccc1[N+](=O)[O-])N/N=C/c1ccc(OCc2cccc([N+](=O)[O-])c2)c(I)c1. The van der Waals surface area contributed by atoms with Crippen LogP contribution in [-0.2, 0) is 17.8 Å². The molecule has 0 aliphatic rings. The maximum Gasteiger partial charge on any atom is 0.273 e. The number of ether oxygens (including phenoxy) is 1. The lowest BCUT2D eigenvalue weighted by atomic mass is 10.1. The van der Waals surface area contributed by atoms with Gasteiger partial charge in [0.25, 0.3) is 11.4 Å². The molecule has 0 saturated carbocycles. The Kier molecular flexibility index (Phi) is 8.02. The highest BCUT2D eigenvalue weighted by Crippen LogP contribution is 2.23. The van der Waals surface area contributed by atoms with Gasteiger partial charge >= 0.3 is 0 Å². The number of nitro benzene ring substituents is 2. The molecular weight excluding hydrogens is 543 g/mol. The van der Waals surface area contributed by atoms with Crippen LogP contribution in [0.15, 0.2) is 71.8 Å². The summed E-state index contributed by atoms with van der Waals surface area (Å²) in [6.45, 7) is 0.173. The summed E-state index contributed by atoms with van der Waals surface area (Å²) in [4.78, 5) is 33.0. The molecule has 1 amide bonds. The highest BCUT2D eigenvalue weighted by Gasteiger charge is 2.15. The Balaban J connectivity index is 1.56. The van der Waals surface area contributed by atoms with E-state index >= 15 is 0 Å². The van der Waals surface area contributed by atoms with Crippen molar-refractivity contribution in [3.05, 3.63) is 107 Å². The second kappa shape index (κ2) is 11.1. The van der Waals surface area contributed by atoms with Gasteiger partial charge in [-0.05, 0) is 51.9 Å². The molecule has 33 heavy (non-hydrogen) atoms. The summed E-state index contributed by atoms with van der Waals surface area (Å²) < 4.78 is 6.54. The Hall–Kier alpha value is -3.87. The van der Waals surface area contributed by atoms with Crippen molar-refractivity contribution in [1.82, 2.24) is 5.43 Å². The summed E-state index contributed by atoms with van der Waals surface area (Å²) in [5, 5.41) is 25.8. The van der Waals surface area contributed by atoms with E-state index in [-0.39, 0.29) is 24.4 Å². The summed E-state index contributed by atoms with van der Waals surface area (Å²) in [7, 11) is 0. The number of hydrogen-bond donors (Lipinski definition) is 1. The predicted octanol–water partition coefficient (Wildman–Crippen LogP) is 4.38. The van der Waals surface area contributed by atoms with E-state index < -0.39 is 15.8 Å². The Morgan fingerprint density at radius 2 is 1.82 bits per heavy atom. The first-order valence-corrected chi connectivity index (χ1v) is 10.6. The van der Waals surface area contributed by atoms with Crippen molar-refractivity contribution in [3.63, 3.8) is 0 Å². The zero-order chi connectivity index (χ0) is 23.8. The Labute approximate surface area is 201 Å². The molecule has 168 valence electrons. The minimum atomic E-state index is -0.531. The monoisotopic (exact) mass is 560 g/mol. The maximum absolute atomic E-state index is 12.1. The van der Waals surface area contributed by atoms with Gasteiger partial charge in [0.05, 0.1) is 26.1 Å². The van der Waals surface area contributed by atoms with Crippen molar-refractivity contribution < 1.29 is 19.4 Å². The number of nitrogens with zero attached hydrogens (tertiary/aromatic N) is 3. The first kappa shape index (κ1) is 23.8.